The maximum Gasteiger partial charge on any atom is 1.00 e. The van der Waals surface area contributed by atoms with Crippen LogP contribution in [0.3, 0.4) is 0 Å². The van der Waals surface area contributed by atoms with Crippen molar-refractivity contribution in [3.05, 3.63) is 72.9 Å². The fourth-order valence-electron chi connectivity index (χ4n) is 1.86. The van der Waals surface area contributed by atoms with Gasteiger partial charge in [0.05, 0.1) is 9.85 Å². The van der Waals surface area contributed by atoms with Gasteiger partial charge in [0, 0.05) is 12.1 Å². The molecular formula is C12H8LiN3O8S2. The number of para-hydroxylation sites is 2. The van der Waals surface area contributed by atoms with Crippen LogP contribution in [0.4, 0.5) is 11.4 Å². The maximum absolute atomic E-state index is 12.2. The first-order valence-corrected chi connectivity index (χ1v) is 9.15. The fraction of sp³-hybridized carbons (Fsp3) is 0. The van der Waals surface area contributed by atoms with E-state index in [0.29, 0.717) is 0 Å². The molecule has 0 N–H and O–H groups in total. The molecule has 0 aliphatic carbocycles. The van der Waals surface area contributed by atoms with Gasteiger partial charge in [0.15, 0.2) is 0 Å². The molecule has 0 aliphatic rings. The summed E-state index contributed by atoms with van der Waals surface area (Å²) in [7, 11) is -10.0. The van der Waals surface area contributed by atoms with E-state index in [9.17, 15) is 37.1 Å². The smallest absolute Gasteiger partial charge is 0.427 e. The van der Waals surface area contributed by atoms with Crippen molar-refractivity contribution >= 4 is 31.4 Å². The fourth-order valence-corrected chi connectivity index (χ4v) is 4.85. The quantitative estimate of drug-likeness (QED) is 0.340. The molecule has 0 aromatic heterocycles. The van der Waals surface area contributed by atoms with Gasteiger partial charge in [-0.3, -0.25) is 20.2 Å². The van der Waals surface area contributed by atoms with Gasteiger partial charge in [-0.25, -0.2) is 16.8 Å². The van der Waals surface area contributed by atoms with Crippen molar-refractivity contribution in [2.75, 3.05) is 0 Å². The minimum Gasteiger partial charge on any atom is -0.427 e. The second kappa shape index (κ2) is 7.93. The predicted octanol–water partition coefficient (Wildman–Crippen LogP) is -1.04. The maximum atomic E-state index is 12.2. The molecule has 2 aromatic carbocycles. The van der Waals surface area contributed by atoms with Crippen LogP contribution in [-0.2, 0) is 20.0 Å². The SMILES string of the molecule is O=[N+]([O-])c1ccccc1S(=O)(=O)[N-]S(=O)(=O)c1ccccc1[N+](=O)[O-].[Li+]. The van der Waals surface area contributed by atoms with E-state index >= 15 is 0 Å². The second-order valence-electron chi connectivity index (χ2n) is 4.47. The molecule has 0 unspecified atom stereocenters. The van der Waals surface area contributed by atoms with E-state index in [1.54, 1.807) is 0 Å². The first kappa shape index (κ1) is 21.7. The van der Waals surface area contributed by atoms with Gasteiger partial charge in [-0.05, 0) is 12.1 Å². The zero-order valence-corrected chi connectivity index (χ0v) is 14.7. The summed E-state index contributed by atoms with van der Waals surface area (Å²) < 4.78 is 51.5. The number of nitro benzene ring substituents is 2. The monoisotopic (exact) mass is 393 g/mol. The number of rotatable bonds is 6. The summed E-state index contributed by atoms with van der Waals surface area (Å²) >= 11 is 0. The molecule has 0 spiro atoms. The third-order valence-corrected chi connectivity index (χ3v) is 6.25. The third kappa shape index (κ3) is 4.45. The second-order valence-corrected chi connectivity index (χ2v) is 7.85. The Labute approximate surface area is 159 Å². The van der Waals surface area contributed by atoms with Gasteiger partial charge in [-0.15, -0.1) is 0 Å². The Bertz CT molecular complexity index is 984. The summed E-state index contributed by atoms with van der Waals surface area (Å²) in [4.78, 5) is 17.9. The minimum atomic E-state index is -5.01. The van der Waals surface area contributed by atoms with Crippen molar-refractivity contribution in [1.29, 1.82) is 0 Å². The summed E-state index contributed by atoms with van der Waals surface area (Å²) in [6.45, 7) is 0. The number of hydrogen-bond acceptors (Lipinski definition) is 8. The van der Waals surface area contributed by atoms with Crippen LogP contribution in [0.15, 0.2) is 58.3 Å². The van der Waals surface area contributed by atoms with Gasteiger partial charge in [-0.2, -0.15) is 0 Å². The normalized spacial score (nSPS) is 11.4. The Balaban J connectivity index is 0.00000338. The molecule has 132 valence electrons. The van der Waals surface area contributed by atoms with Crippen molar-refractivity contribution in [3.63, 3.8) is 0 Å². The van der Waals surface area contributed by atoms with E-state index in [4.69, 9.17) is 0 Å². The summed E-state index contributed by atoms with van der Waals surface area (Å²) in [5.74, 6) is 0. The largest absolute Gasteiger partial charge is 1.00 e. The Kier molecular flexibility index (Phi) is 6.63. The number of sulfonamides is 2. The zero-order valence-electron chi connectivity index (χ0n) is 13.0. The van der Waals surface area contributed by atoms with Gasteiger partial charge in [0.2, 0.25) is 0 Å². The van der Waals surface area contributed by atoms with Crippen LogP contribution in [0.1, 0.15) is 0 Å². The molecule has 2 rings (SSSR count). The Hall–Kier alpha value is -2.30. The van der Waals surface area contributed by atoms with E-state index < -0.39 is 51.1 Å². The van der Waals surface area contributed by atoms with Crippen LogP contribution in [0, 0.1) is 20.2 Å². The summed E-state index contributed by atoms with van der Waals surface area (Å²) in [6, 6.07) is 8.01. The molecule has 0 heterocycles. The molecule has 26 heavy (non-hydrogen) atoms. The van der Waals surface area contributed by atoms with Crippen LogP contribution in [0.5, 0.6) is 0 Å². The molecule has 0 atom stereocenters. The Morgan fingerprint density at radius 2 is 1.00 bits per heavy atom. The van der Waals surface area contributed by atoms with Crippen LogP contribution in [-0.4, -0.2) is 26.7 Å². The van der Waals surface area contributed by atoms with Crippen LogP contribution in [0.2, 0.25) is 0 Å². The van der Waals surface area contributed by atoms with Gasteiger partial charge in [-0.1, -0.05) is 24.3 Å². The molecule has 0 amide bonds. The average Bonchev–Trinajstić information content (AvgIpc) is 2.54. The predicted molar refractivity (Wildman–Crippen MR) is 83.9 cm³/mol. The summed E-state index contributed by atoms with van der Waals surface area (Å²) in [5.41, 5.74) is -1.74. The molecule has 0 saturated carbocycles. The summed E-state index contributed by atoms with van der Waals surface area (Å²) in [6.07, 6.45) is 0. The molecule has 0 aliphatic heterocycles. The van der Waals surface area contributed by atoms with Crippen molar-refractivity contribution in [2.24, 2.45) is 0 Å². The average molecular weight is 393 g/mol. The third-order valence-electron chi connectivity index (χ3n) is 2.88. The van der Waals surface area contributed by atoms with Crippen LogP contribution < -0.4 is 18.9 Å². The molecule has 0 radical (unpaired) electrons. The number of hydrogen-bond donors (Lipinski definition) is 0. The van der Waals surface area contributed by atoms with Crippen molar-refractivity contribution in [2.45, 2.75) is 9.79 Å². The van der Waals surface area contributed by atoms with Gasteiger partial charge < -0.3 is 4.13 Å². The van der Waals surface area contributed by atoms with Crippen molar-refractivity contribution in [1.82, 2.24) is 0 Å². The number of benzene rings is 2. The molecule has 11 nitrogen and oxygen atoms in total. The first-order chi connectivity index (χ1) is 11.6. The molecule has 2 aromatic rings. The van der Waals surface area contributed by atoms with Gasteiger partial charge in [0.25, 0.3) is 11.4 Å². The first-order valence-electron chi connectivity index (χ1n) is 6.27. The van der Waals surface area contributed by atoms with E-state index in [1.807, 2.05) is 0 Å². The molecule has 0 fully saturated rings. The molecule has 0 bridgehead atoms. The van der Waals surface area contributed by atoms with Gasteiger partial charge >= 0.3 is 18.9 Å². The van der Waals surface area contributed by atoms with E-state index in [-0.39, 0.29) is 18.9 Å². The van der Waals surface area contributed by atoms with E-state index in [1.165, 1.54) is 12.1 Å². The molecule has 14 heteroatoms. The van der Waals surface area contributed by atoms with Crippen molar-refractivity contribution < 1.29 is 45.5 Å². The number of nitro groups is 2. The summed E-state index contributed by atoms with van der Waals surface area (Å²) in [5, 5.41) is 21.8. The van der Waals surface area contributed by atoms with Gasteiger partial charge in [0.1, 0.15) is 29.8 Å². The van der Waals surface area contributed by atoms with Crippen LogP contribution >= 0.6 is 0 Å². The Morgan fingerprint density at radius 1 is 0.692 bits per heavy atom. The van der Waals surface area contributed by atoms with E-state index in [0.717, 1.165) is 36.4 Å². The van der Waals surface area contributed by atoms with Crippen molar-refractivity contribution in [3.8, 4) is 0 Å². The Morgan fingerprint density at radius 3 is 1.31 bits per heavy atom. The minimum absolute atomic E-state index is 0. The van der Waals surface area contributed by atoms with E-state index in [2.05, 4.69) is 4.13 Å². The molecular weight excluding hydrogens is 385 g/mol. The standard InChI is InChI=1S/C12H8N3O8S2.Li/c16-14(17)9-5-1-3-7-11(9)24(20,21)13-25(22,23)12-8-4-2-6-10(12)15(18)19;/h1-8H;/q-1;+1. The van der Waals surface area contributed by atoms with Crippen LogP contribution in [0.25, 0.3) is 4.13 Å². The molecule has 0 saturated heterocycles. The topological polar surface area (TPSA) is 169 Å². The zero-order chi connectivity index (χ0) is 18.8. The number of nitrogens with zero attached hydrogens (tertiary/aromatic N) is 3.